The zero-order valence-corrected chi connectivity index (χ0v) is 12.0. The molecular weight excluding hydrogens is 252 g/mol. The van der Waals surface area contributed by atoms with Crippen molar-refractivity contribution >= 4 is 16.9 Å². The number of aromatic nitrogens is 2. The summed E-state index contributed by atoms with van der Waals surface area (Å²) in [6.45, 7) is 2.07. The van der Waals surface area contributed by atoms with Gasteiger partial charge in [-0.25, -0.2) is 4.98 Å². The number of amides is 1. The van der Waals surface area contributed by atoms with E-state index < -0.39 is 0 Å². The van der Waals surface area contributed by atoms with Crippen LogP contribution in [0.5, 0.6) is 0 Å². The third-order valence-corrected chi connectivity index (χ3v) is 4.04. The van der Waals surface area contributed by atoms with Crippen LogP contribution in [0.15, 0.2) is 24.3 Å². The van der Waals surface area contributed by atoms with E-state index in [-0.39, 0.29) is 11.9 Å². The van der Waals surface area contributed by atoms with Gasteiger partial charge in [-0.2, -0.15) is 0 Å². The van der Waals surface area contributed by atoms with Crippen LogP contribution in [0.4, 0.5) is 0 Å². The molecule has 0 bridgehead atoms. The number of likely N-dealkylation sites (tertiary alicyclic amines) is 1. The van der Waals surface area contributed by atoms with E-state index in [9.17, 15) is 4.79 Å². The molecule has 5 nitrogen and oxygen atoms in total. The molecule has 0 radical (unpaired) electrons. The van der Waals surface area contributed by atoms with Gasteiger partial charge in [-0.05, 0) is 45.1 Å². The van der Waals surface area contributed by atoms with Crippen LogP contribution in [-0.4, -0.2) is 46.5 Å². The Hall–Kier alpha value is -1.88. The van der Waals surface area contributed by atoms with E-state index in [4.69, 9.17) is 0 Å². The first kappa shape index (κ1) is 13.1. The summed E-state index contributed by atoms with van der Waals surface area (Å²) in [4.78, 5) is 19.1. The minimum absolute atomic E-state index is 0.0711. The summed E-state index contributed by atoms with van der Waals surface area (Å²) in [7, 11) is 4.00. The highest BCUT2D eigenvalue weighted by molar-refractivity contribution is 5.94. The number of piperidine rings is 1. The standard InChI is InChI=1S/C15H20N4O/c1-18-9-7-11(8-10-18)16-15(20)14-17-12-5-3-4-6-13(12)19(14)2/h3-6,11H,7-10H2,1-2H3,(H,16,20). The molecule has 2 heterocycles. The lowest BCUT2D eigenvalue weighted by Crippen LogP contribution is -2.43. The average Bonchev–Trinajstić information content (AvgIpc) is 2.79. The molecule has 20 heavy (non-hydrogen) atoms. The Morgan fingerprint density at radius 3 is 2.65 bits per heavy atom. The van der Waals surface area contributed by atoms with E-state index in [0.717, 1.165) is 37.0 Å². The second-order valence-corrected chi connectivity index (χ2v) is 5.53. The van der Waals surface area contributed by atoms with Crippen molar-refractivity contribution in [1.82, 2.24) is 19.8 Å². The lowest BCUT2D eigenvalue weighted by atomic mass is 10.1. The first-order chi connectivity index (χ1) is 9.65. The van der Waals surface area contributed by atoms with E-state index in [1.165, 1.54) is 0 Å². The number of hydrogen-bond donors (Lipinski definition) is 1. The fourth-order valence-corrected chi connectivity index (χ4v) is 2.75. The summed E-state index contributed by atoms with van der Waals surface area (Å²) in [5.74, 6) is 0.420. The van der Waals surface area contributed by atoms with Crippen LogP contribution < -0.4 is 5.32 Å². The average molecular weight is 272 g/mol. The highest BCUT2D eigenvalue weighted by Crippen LogP contribution is 2.15. The number of benzene rings is 1. The van der Waals surface area contributed by atoms with E-state index in [1.54, 1.807) is 0 Å². The number of fused-ring (bicyclic) bond motifs is 1. The number of imidazole rings is 1. The van der Waals surface area contributed by atoms with Gasteiger partial charge in [0.05, 0.1) is 11.0 Å². The Labute approximate surface area is 118 Å². The Morgan fingerprint density at radius 2 is 1.95 bits per heavy atom. The van der Waals surface area contributed by atoms with E-state index in [2.05, 4.69) is 22.2 Å². The van der Waals surface area contributed by atoms with Crippen molar-refractivity contribution in [1.29, 1.82) is 0 Å². The topological polar surface area (TPSA) is 50.2 Å². The van der Waals surface area contributed by atoms with Crippen LogP contribution in [0.1, 0.15) is 23.5 Å². The molecule has 1 aliphatic heterocycles. The smallest absolute Gasteiger partial charge is 0.287 e. The predicted octanol–water partition coefficient (Wildman–Crippen LogP) is 1.40. The van der Waals surface area contributed by atoms with Gasteiger partial charge in [0, 0.05) is 13.1 Å². The fraction of sp³-hybridized carbons (Fsp3) is 0.467. The number of nitrogens with zero attached hydrogens (tertiary/aromatic N) is 3. The maximum absolute atomic E-state index is 12.4. The molecule has 106 valence electrons. The minimum atomic E-state index is -0.0711. The van der Waals surface area contributed by atoms with Crippen molar-refractivity contribution < 1.29 is 4.79 Å². The molecular formula is C15H20N4O. The van der Waals surface area contributed by atoms with Crippen molar-refractivity contribution in [2.75, 3.05) is 20.1 Å². The van der Waals surface area contributed by atoms with Crippen molar-refractivity contribution in [3.05, 3.63) is 30.1 Å². The number of aryl methyl sites for hydroxylation is 1. The number of rotatable bonds is 2. The van der Waals surface area contributed by atoms with Gasteiger partial charge in [0.2, 0.25) is 0 Å². The summed E-state index contributed by atoms with van der Waals surface area (Å²) in [6, 6.07) is 8.08. The molecule has 1 amide bonds. The quantitative estimate of drug-likeness (QED) is 0.899. The van der Waals surface area contributed by atoms with Crippen molar-refractivity contribution in [2.45, 2.75) is 18.9 Å². The maximum atomic E-state index is 12.4. The van der Waals surface area contributed by atoms with Gasteiger partial charge in [0.15, 0.2) is 5.82 Å². The van der Waals surface area contributed by atoms with Crippen LogP contribution >= 0.6 is 0 Å². The first-order valence-corrected chi connectivity index (χ1v) is 7.06. The van der Waals surface area contributed by atoms with Crippen LogP contribution in [-0.2, 0) is 7.05 Å². The number of carbonyl (C=O) groups excluding carboxylic acids is 1. The Balaban J connectivity index is 1.77. The maximum Gasteiger partial charge on any atom is 0.287 e. The molecule has 0 spiro atoms. The fourth-order valence-electron chi connectivity index (χ4n) is 2.75. The van der Waals surface area contributed by atoms with Gasteiger partial charge in [0.1, 0.15) is 0 Å². The molecule has 0 aliphatic carbocycles. The molecule has 1 aromatic carbocycles. The third-order valence-electron chi connectivity index (χ3n) is 4.04. The summed E-state index contributed by atoms with van der Waals surface area (Å²) in [6.07, 6.45) is 2.01. The molecule has 3 rings (SSSR count). The van der Waals surface area contributed by atoms with Crippen LogP contribution in [0.3, 0.4) is 0 Å². The first-order valence-electron chi connectivity index (χ1n) is 7.06. The van der Waals surface area contributed by atoms with E-state index in [1.807, 2.05) is 35.9 Å². The number of carbonyl (C=O) groups is 1. The highest BCUT2D eigenvalue weighted by Gasteiger charge is 2.21. The van der Waals surface area contributed by atoms with Crippen LogP contribution in [0.2, 0.25) is 0 Å². The Morgan fingerprint density at radius 1 is 1.25 bits per heavy atom. The van der Waals surface area contributed by atoms with Gasteiger partial charge in [-0.1, -0.05) is 12.1 Å². The number of para-hydroxylation sites is 2. The normalized spacial score (nSPS) is 17.5. The molecule has 0 unspecified atom stereocenters. The van der Waals surface area contributed by atoms with Crippen LogP contribution in [0.25, 0.3) is 11.0 Å². The number of hydrogen-bond acceptors (Lipinski definition) is 3. The van der Waals surface area contributed by atoms with Gasteiger partial charge >= 0.3 is 0 Å². The molecule has 1 fully saturated rings. The summed E-state index contributed by atoms with van der Waals surface area (Å²) >= 11 is 0. The Bertz CT molecular complexity index is 626. The third kappa shape index (κ3) is 2.41. The molecule has 5 heteroatoms. The second-order valence-electron chi connectivity index (χ2n) is 5.53. The zero-order valence-electron chi connectivity index (χ0n) is 12.0. The summed E-state index contributed by atoms with van der Waals surface area (Å²) in [5, 5.41) is 3.11. The molecule has 1 aromatic heterocycles. The molecule has 1 saturated heterocycles. The van der Waals surface area contributed by atoms with Gasteiger partial charge in [0.25, 0.3) is 5.91 Å². The molecule has 1 N–H and O–H groups in total. The number of nitrogens with one attached hydrogen (secondary N) is 1. The highest BCUT2D eigenvalue weighted by atomic mass is 16.2. The molecule has 1 aliphatic rings. The summed E-state index contributed by atoms with van der Waals surface area (Å²) < 4.78 is 1.86. The lowest BCUT2D eigenvalue weighted by molar-refractivity contribution is 0.0903. The van der Waals surface area contributed by atoms with Gasteiger partial charge in [-0.15, -0.1) is 0 Å². The minimum Gasteiger partial charge on any atom is -0.347 e. The van der Waals surface area contributed by atoms with Crippen molar-refractivity contribution in [2.24, 2.45) is 7.05 Å². The van der Waals surface area contributed by atoms with Gasteiger partial charge < -0.3 is 14.8 Å². The Kier molecular flexibility index (Phi) is 3.44. The second kappa shape index (κ2) is 5.25. The predicted molar refractivity (Wildman–Crippen MR) is 78.7 cm³/mol. The zero-order chi connectivity index (χ0) is 14.1. The monoisotopic (exact) mass is 272 g/mol. The molecule has 2 aromatic rings. The van der Waals surface area contributed by atoms with E-state index >= 15 is 0 Å². The van der Waals surface area contributed by atoms with Gasteiger partial charge in [-0.3, -0.25) is 4.79 Å². The van der Waals surface area contributed by atoms with E-state index in [0.29, 0.717) is 5.82 Å². The van der Waals surface area contributed by atoms with Crippen molar-refractivity contribution in [3.8, 4) is 0 Å². The SMILES string of the molecule is CN1CCC(NC(=O)c2nc3ccccc3n2C)CC1. The molecule has 0 saturated carbocycles. The van der Waals surface area contributed by atoms with Crippen molar-refractivity contribution in [3.63, 3.8) is 0 Å². The van der Waals surface area contributed by atoms with Crippen LogP contribution in [0, 0.1) is 0 Å². The summed E-state index contributed by atoms with van der Waals surface area (Å²) in [5.41, 5.74) is 1.85. The molecule has 0 atom stereocenters. The largest absolute Gasteiger partial charge is 0.347 e. The lowest BCUT2D eigenvalue weighted by Gasteiger charge is -2.29.